The molecule has 0 N–H and O–H groups in total. The Bertz CT molecular complexity index is 316. The van der Waals surface area contributed by atoms with Gasteiger partial charge in [0.15, 0.2) is 0 Å². The Morgan fingerprint density at radius 2 is 1.50 bits per heavy atom. The molecule has 0 rings (SSSR count). The first kappa shape index (κ1) is 23.2. The first-order chi connectivity index (χ1) is 11.6. The average Bonchev–Trinajstić information content (AvgIpc) is 2.53. The minimum Gasteiger partial charge on any atom is -0.466 e. The van der Waals surface area contributed by atoms with Crippen LogP contribution in [0.1, 0.15) is 111 Å². The number of carbonyl (C=O) groups excluding carboxylic acids is 1. The molecule has 1 atom stereocenters. The van der Waals surface area contributed by atoms with Crippen molar-refractivity contribution in [1.29, 1.82) is 0 Å². The summed E-state index contributed by atoms with van der Waals surface area (Å²) in [6.07, 6.45) is 17.7. The van der Waals surface area contributed by atoms with Gasteiger partial charge in [-0.2, -0.15) is 0 Å². The topological polar surface area (TPSA) is 26.3 Å². The molecule has 0 aliphatic rings. The van der Waals surface area contributed by atoms with Crippen LogP contribution in [0, 0.1) is 5.92 Å². The Morgan fingerprint density at radius 3 is 2.08 bits per heavy atom. The van der Waals surface area contributed by atoms with E-state index in [9.17, 15) is 4.79 Å². The van der Waals surface area contributed by atoms with E-state index < -0.39 is 0 Å². The van der Waals surface area contributed by atoms with Crippen molar-refractivity contribution < 1.29 is 9.53 Å². The molecule has 0 amide bonds. The first-order valence-electron chi connectivity index (χ1n) is 10.3. The van der Waals surface area contributed by atoms with Crippen molar-refractivity contribution >= 4 is 5.97 Å². The molecule has 0 fully saturated rings. The largest absolute Gasteiger partial charge is 0.466 e. The van der Waals surface area contributed by atoms with E-state index in [0.29, 0.717) is 18.9 Å². The summed E-state index contributed by atoms with van der Waals surface area (Å²) in [5.74, 6) is 0.621. The predicted octanol–water partition coefficient (Wildman–Crippen LogP) is 7.22. The molecule has 0 aliphatic heterocycles. The van der Waals surface area contributed by atoms with Crippen LogP contribution in [0.25, 0.3) is 0 Å². The first-order valence-corrected chi connectivity index (χ1v) is 10.3. The molecule has 0 saturated carbocycles. The number of esters is 1. The Kier molecular flexibility index (Phi) is 16.5. The molecule has 2 nitrogen and oxygen atoms in total. The maximum atomic E-state index is 11.7. The molecule has 0 aliphatic carbocycles. The average molecular weight is 339 g/mol. The van der Waals surface area contributed by atoms with Gasteiger partial charge in [-0.05, 0) is 45.4 Å². The second kappa shape index (κ2) is 17.0. The highest BCUT2D eigenvalue weighted by Gasteiger charge is 2.05. The summed E-state index contributed by atoms with van der Waals surface area (Å²) in [5, 5.41) is 0. The van der Waals surface area contributed by atoms with E-state index in [2.05, 4.69) is 33.8 Å². The molecule has 0 saturated heterocycles. The lowest BCUT2D eigenvalue weighted by Crippen LogP contribution is -2.08. The van der Waals surface area contributed by atoms with E-state index >= 15 is 0 Å². The van der Waals surface area contributed by atoms with Crippen molar-refractivity contribution in [2.24, 2.45) is 5.92 Å². The second-order valence-corrected chi connectivity index (χ2v) is 7.55. The van der Waals surface area contributed by atoms with E-state index in [0.717, 1.165) is 19.3 Å². The number of ether oxygens (including phenoxy) is 1. The molecule has 0 aromatic carbocycles. The van der Waals surface area contributed by atoms with E-state index in [1.54, 1.807) is 0 Å². The standard InChI is InChI=1S/C22H42O2/c1-5-6-7-8-9-10-11-12-13-17-22(23)24-19-18-21(4)16-14-15-20(2)3/h15,21H,5-14,16-19H2,1-4H3. The quantitative estimate of drug-likeness (QED) is 0.169. The van der Waals surface area contributed by atoms with Gasteiger partial charge in [-0.1, -0.05) is 76.9 Å². The Balaban J connectivity index is 3.36. The molecule has 0 heterocycles. The van der Waals surface area contributed by atoms with Crippen molar-refractivity contribution in [1.82, 2.24) is 0 Å². The Morgan fingerprint density at radius 1 is 0.917 bits per heavy atom. The van der Waals surface area contributed by atoms with Gasteiger partial charge in [-0.3, -0.25) is 4.79 Å². The molecule has 0 spiro atoms. The van der Waals surface area contributed by atoms with Gasteiger partial charge in [-0.25, -0.2) is 0 Å². The highest BCUT2D eigenvalue weighted by Crippen LogP contribution is 2.13. The molecule has 0 aromatic rings. The lowest BCUT2D eigenvalue weighted by Gasteiger charge is -2.10. The van der Waals surface area contributed by atoms with Crippen LogP contribution in [0.2, 0.25) is 0 Å². The van der Waals surface area contributed by atoms with Gasteiger partial charge in [-0.15, -0.1) is 0 Å². The summed E-state index contributed by atoms with van der Waals surface area (Å²) in [4.78, 5) is 11.7. The number of allylic oxidation sites excluding steroid dienone is 2. The Labute approximate surface area is 151 Å². The molecule has 2 heteroatoms. The van der Waals surface area contributed by atoms with Crippen LogP contribution in [-0.2, 0) is 9.53 Å². The lowest BCUT2D eigenvalue weighted by atomic mass is 10.0. The molecular weight excluding hydrogens is 296 g/mol. The summed E-state index contributed by atoms with van der Waals surface area (Å²) in [6, 6.07) is 0. The summed E-state index contributed by atoms with van der Waals surface area (Å²) in [7, 11) is 0. The van der Waals surface area contributed by atoms with Gasteiger partial charge in [0.05, 0.1) is 6.61 Å². The van der Waals surface area contributed by atoms with Crippen LogP contribution in [0.4, 0.5) is 0 Å². The fraction of sp³-hybridized carbons (Fsp3) is 0.864. The normalized spacial score (nSPS) is 12.0. The van der Waals surface area contributed by atoms with Gasteiger partial charge >= 0.3 is 5.97 Å². The number of rotatable bonds is 16. The minimum atomic E-state index is -0.00514. The number of hydrogen-bond acceptors (Lipinski definition) is 2. The zero-order valence-electron chi connectivity index (χ0n) is 16.9. The van der Waals surface area contributed by atoms with Crippen LogP contribution in [0.5, 0.6) is 0 Å². The van der Waals surface area contributed by atoms with Crippen LogP contribution in [0.15, 0.2) is 11.6 Å². The van der Waals surface area contributed by atoms with Crippen LogP contribution >= 0.6 is 0 Å². The van der Waals surface area contributed by atoms with E-state index in [1.165, 1.54) is 63.4 Å². The Hall–Kier alpha value is -0.790. The van der Waals surface area contributed by atoms with Crippen molar-refractivity contribution in [2.45, 2.75) is 111 Å². The second-order valence-electron chi connectivity index (χ2n) is 7.55. The van der Waals surface area contributed by atoms with Crippen molar-refractivity contribution in [3.63, 3.8) is 0 Å². The van der Waals surface area contributed by atoms with Gasteiger partial charge < -0.3 is 4.74 Å². The maximum Gasteiger partial charge on any atom is 0.305 e. The summed E-state index contributed by atoms with van der Waals surface area (Å²) in [5.41, 5.74) is 1.38. The third-order valence-corrected chi connectivity index (χ3v) is 4.57. The highest BCUT2D eigenvalue weighted by atomic mass is 16.5. The molecule has 0 aromatic heterocycles. The van der Waals surface area contributed by atoms with Gasteiger partial charge in [0, 0.05) is 6.42 Å². The number of hydrogen-bond donors (Lipinski definition) is 0. The molecule has 0 bridgehead atoms. The van der Waals surface area contributed by atoms with Crippen molar-refractivity contribution in [2.75, 3.05) is 6.61 Å². The zero-order valence-corrected chi connectivity index (χ0v) is 16.9. The summed E-state index contributed by atoms with van der Waals surface area (Å²) in [6.45, 7) is 9.36. The fourth-order valence-electron chi connectivity index (χ4n) is 2.83. The lowest BCUT2D eigenvalue weighted by molar-refractivity contribution is -0.144. The van der Waals surface area contributed by atoms with Crippen LogP contribution in [-0.4, -0.2) is 12.6 Å². The van der Waals surface area contributed by atoms with Crippen molar-refractivity contribution in [3.8, 4) is 0 Å². The summed E-state index contributed by atoms with van der Waals surface area (Å²) >= 11 is 0. The van der Waals surface area contributed by atoms with Crippen molar-refractivity contribution in [3.05, 3.63) is 11.6 Å². The highest BCUT2D eigenvalue weighted by molar-refractivity contribution is 5.69. The smallest absolute Gasteiger partial charge is 0.305 e. The third-order valence-electron chi connectivity index (χ3n) is 4.57. The van der Waals surface area contributed by atoms with Gasteiger partial charge in [0.2, 0.25) is 0 Å². The summed E-state index contributed by atoms with van der Waals surface area (Å²) < 4.78 is 5.36. The molecular formula is C22H42O2. The molecule has 1 unspecified atom stereocenters. The number of unbranched alkanes of at least 4 members (excludes halogenated alkanes) is 8. The number of carbonyl (C=O) groups is 1. The van der Waals surface area contributed by atoms with Gasteiger partial charge in [0.1, 0.15) is 0 Å². The molecule has 0 radical (unpaired) electrons. The fourth-order valence-corrected chi connectivity index (χ4v) is 2.83. The van der Waals surface area contributed by atoms with Gasteiger partial charge in [0.25, 0.3) is 0 Å². The van der Waals surface area contributed by atoms with E-state index in [1.807, 2.05) is 0 Å². The zero-order chi connectivity index (χ0) is 18.0. The monoisotopic (exact) mass is 338 g/mol. The van der Waals surface area contributed by atoms with E-state index in [4.69, 9.17) is 4.74 Å². The predicted molar refractivity (Wildman–Crippen MR) is 105 cm³/mol. The third kappa shape index (κ3) is 17.6. The minimum absolute atomic E-state index is 0.00514. The maximum absolute atomic E-state index is 11.7. The van der Waals surface area contributed by atoms with Crippen LogP contribution in [0.3, 0.4) is 0 Å². The molecule has 142 valence electrons. The SMILES string of the molecule is CCCCCCCCCCCC(=O)OCCC(C)CCC=C(C)C. The van der Waals surface area contributed by atoms with E-state index in [-0.39, 0.29) is 5.97 Å². The van der Waals surface area contributed by atoms with Crippen LogP contribution < -0.4 is 0 Å². The molecule has 24 heavy (non-hydrogen) atoms.